The van der Waals surface area contributed by atoms with Crippen molar-refractivity contribution >= 4 is 32.7 Å². The van der Waals surface area contributed by atoms with Crippen LogP contribution in [-0.4, -0.2) is 11.1 Å². The van der Waals surface area contributed by atoms with Crippen molar-refractivity contribution in [2.75, 3.05) is 5.33 Å². The van der Waals surface area contributed by atoms with Crippen molar-refractivity contribution in [2.45, 2.75) is 0 Å². The summed E-state index contributed by atoms with van der Waals surface area (Å²) in [5.41, 5.74) is 0.398. The molecule has 0 radical (unpaired) electrons. The topological polar surface area (TPSA) is 30.2 Å². The maximum Gasteiger partial charge on any atom is 0.208 e. The van der Waals surface area contributed by atoms with Crippen LogP contribution in [0.4, 0.5) is 4.39 Å². The lowest BCUT2D eigenvalue weighted by Gasteiger charge is -1.88. The van der Waals surface area contributed by atoms with E-state index in [9.17, 15) is 9.18 Å². The van der Waals surface area contributed by atoms with E-state index in [-0.39, 0.29) is 22.7 Å². The number of furan rings is 1. The maximum absolute atomic E-state index is 12.8. The van der Waals surface area contributed by atoms with Gasteiger partial charge in [0.05, 0.1) is 5.33 Å². The van der Waals surface area contributed by atoms with E-state index in [1.165, 1.54) is 12.1 Å². The predicted octanol–water partition coefficient (Wildman–Crippen LogP) is 3.15. The normalized spacial score (nSPS) is 10.7. The molecule has 4 heteroatoms. The summed E-state index contributed by atoms with van der Waals surface area (Å²) in [4.78, 5) is 11.2. The van der Waals surface area contributed by atoms with Gasteiger partial charge in [-0.25, -0.2) is 4.39 Å². The number of hydrogen-bond acceptors (Lipinski definition) is 2. The van der Waals surface area contributed by atoms with Crippen LogP contribution in [0.3, 0.4) is 0 Å². The van der Waals surface area contributed by atoms with E-state index in [0.717, 1.165) is 5.39 Å². The summed E-state index contributed by atoms with van der Waals surface area (Å²) >= 11 is 3.04. The van der Waals surface area contributed by atoms with Crippen LogP contribution in [-0.2, 0) is 0 Å². The smallest absolute Gasteiger partial charge is 0.208 e. The minimum absolute atomic E-state index is 0.151. The molecule has 0 bridgehead atoms. The average Bonchev–Trinajstić information content (AvgIpc) is 2.59. The highest BCUT2D eigenvalue weighted by molar-refractivity contribution is 9.09. The Morgan fingerprint density at radius 3 is 2.93 bits per heavy atom. The lowest BCUT2D eigenvalue weighted by molar-refractivity contribution is 0.0995. The fourth-order valence-electron chi connectivity index (χ4n) is 1.21. The number of alkyl halides is 1. The van der Waals surface area contributed by atoms with Crippen LogP contribution in [0.25, 0.3) is 11.0 Å². The lowest BCUT2D eigenvalue weighted by Crippen LogP contribution is -1.96. The van der Waals surface area contributed by atoms with Gasteiger partial charge in [-0.05, 0) is 18.2 Å². The standard InChI is InChI=1S/C10H6BrFO2/c11-5-8(13)10-3-6-1-2-7(12)4-9(6)14-10/h1-4H,5H2. The molecule has 0 fully saturated rings. The lowest BCUT2D eigenvalue weighted by atomic mass is 10.2. The number of benzene rings is 1. The van der Waals surface area contributed by atoms with Gasteiger partial charge in [-0.3, -0.25) is 4.79 Å². The fraction of sp³-hybridized carbons (Fsp3) is 0.100. The molecule has 14 heavy (non-hydrogen) atoms. The molecule has 0 aliphatic carbocycles. The molecule has 0 atom stereocenters. The maximum atomic E-state index is 12.8. The van der Waals surface area contributed by atoms with Crippen molar-refractivity contribution in [3.05, 3.63) is 35.8 Å². The molecule has 1 aromatic heterocycles. The van der Waals surface area contributed by atoms with Crippen LogP contribution < -0.4 is 0 Å². The van der Waals surface area contributed by atoms with E-state index in [1.807, 2.05) is 0 Å². The predicted molar refractivity (Wildman–Crippen MR) is 54.3 cm³/mol. The third kappa shape index (κ3) is 1.57. The van der Waals surface area contributed by atoms with E-state index in [0.29, 0.717) is 5.58 Å². The minimum Gasteiger partial charge on any atom is -0.453 e. The monoisotopic (exact) mass is 256 g/mol. The summed E-state index contributed by atoms with van der Waals surface area (Å²) < 4.78 is 18.0. The van der Waals surface area contributed by atoms with Gasteiger partial charge in [0.15, 0.2) is 5.76 Å². The molecule has 0 aliphatic heterocycles. The van der Waals surface area contributed by atoms with Crippen LogP contribution in [0.1, 0.15) is 10.6 Å². The zero-order chi connectivity index (χ0) is 10.1. The Balaban J connectivity index is 2.56. The summed E-state index contributed by atoms with van der Waals surface area (Å²) in [6.07, 6.45) is 0. The summed E-state index contributed by atoms with van der Waals surface area (Å²) in [6, 6.07) is 5.79. The van der Waals surface area contributed by atoms with E-state index in [2.05, 4.69) is 15.9 Å². The molecule has 0 N–H and O–H groups in total. The zero-order valence-electron chi connectivity index (χ0n) is 7.09. The van der Waals surface area contributed by atoms with Gasteiger partial charge < -0.3 is 4.42 Å². The Bertz CT molecular complexity index is 490. The molecule has 0 spiro atoms. The van der Waals surface area contributed by atoms with Crippen LogP contribution in [0.5, 0.6) is 0 Å². The van der Waals surface area contributed by atoms with Crippen molar-refractivity contribution in [1.82, 2.24) is 0 Å². The Labute approximate surface area is 87.8 Å². The molecule has 0 saturated heterocycles. The average molecular weight is 257 g/mol. The van der Waals surface area contributed by atoms with Crippen molar-refractivity contribution in [2.24, 2.45) is 0 Å². The number of carbonyl (C=O) groups excluding carboxylic acids is 1. The molecule has 2 aromatic rings. The quantitative estimate of drug-likeness (QED) is 0.611. The number of Topliss-reactive ketones (excluding diaryl/α,β-unsaturated/α-hetero) is 1. The second-order valence-corrected chi connectivity index (χ2v) is 3.41. The highest BCUT2D eigenvalue weighted by Crippen LogP contribution is 2.20. The second-order valence-electron chi connectivity index (χ2n) is 2.85. The Morgan fingerprint density at radius 1 is 1.43 bits per heavy atom. The minimum atomic E-state index is -0.371. The summed E-state index contributed by atoms with van der Waals surface area (Å²) in [7, 11) is 0. The summed E-state index contributed by atoms with van der Waals surface area (Å²) in [5, 5.41) is 0.936. The first-order chi connectivity index (χ1) is 6.70. The van der Waals surface area contributed by atoms with Crippen molar-refractivity contribution in [3.63, 3.8) is 0 Å². The SMILES string of the molecule is O=C(CBr)c1cc2ccc(F)cc2o1. The van der Waals surface area contributed by atoms with E-state index < -0.39 is 0 Å². The first-order valence-electron chi connectivity index (χ1n) is 3.99. The van der Waals surface area contributed by atoms with E-state index in [1.54, 1.807) is 12.1 Å². The van der Waals surface area contributed by atoms with Gasteiger partial charge in [-0.2, -0.15) is 0 Å². The largest absolute Gasteiger partial charge is 0.453 e. The van der Waals surface area contributed by atoms with Crippen LogP contribution in [0, 0.1) is 5.82 Å². The molecular weight excluding hydrogens is 251 g/mol. The van der Waals surface area contributed by atoms with Crippen molar-refractivity contribution in [3.8, 4) is 0 Å². The number of hydrogen-bond donors (Lipinski definition) is 0. The van der Waals surface area contributed by atoms with Gasteiger partial charge in [0.25, 0.3) is 0 Å². The van der Waals surface area contributed by atoms with E-state index in [4.69, 9.17) is 4.42 Å². The molecular formula is C10H6BrFO2. The van der Waals surface area contributed by atoms with Gasteiger partial charge in [0.2, 0.25) is 5.78 Å². The van der Waals surface area contributed by atoms with E-state index >= 15 is 0 Å². The van der Waals surface area contributed by atoms with Crippen LogP contribution in [0.15, 0.2) is 28.7 Å². The van der Waals surface area contributed by atoms with Crippen LogP contribution in [0.2, 0.25) is 0 Å². The fourth-order valence-corrected chi connectivity index (χ4v) is 1.48. The number of rotatable bonds is 2. The third-order valence-electron chi connectivity index (χ3n) is 1.88. The highest BCUT2D eigenvalue weighted by atomic mass is 79.9. The number of halogens is 2. The number of ketones is 1. The molecule has 2 nitrogen and oxygen atoms in total. The zero-order valence-corrected chi connectivity index (χ0v) is 8.67. The summed E-state index contributed by atoms with van der Waals surface area (Å²) in [6.45, 7) is 0. The van der Waals surface area contributed by atoms with Gasteiger partial charge in [-0.15, -0.1) is 0 Å². The molecule has 0 unspecified atom stereocenters. The van der Waals surface area contributed by atoms with Gasteiger partial charge >= 0.3 is 0 Å². The molecule has 0 saturated carbocycles. The van der Waals surface area contributed by atoms with Crippen molar-refractivity contribution in [1.29, 1.82) is 0 Å². The number of fused-ring (bicyclic) bond motifs is 1. The Morgan fingerprint density at radius 2 is 2.21 bits per heavy atom. The molecule has 0 aliphatic rings. The van der Waals surface area contributed by atoms with Crippen LogP contribution >= 0.6 is 15.9 Å². The summed E-state index contributed by atoms with van der Waals surface area (Å²) in [5.74, 6) is -0.270. The first-order valence-corrected chi connectivity index (χ1v) is 5.11. The Kier molecular flexibility index (Phi) is 2.37. The molecule has 72 valence electrons. The molecule has 1 aromatic carbocycles. The van der Waals surface area contributed by atoms with Crippen molar-refractivity contribution < 1.29 is 13.6 Å². The second kappa shape index (κ2) is 3.53. The third-order valence-corrected chi connectivity index (χ3v) is 2.39. The van der Waals surface area contributed by atoms with Gasteiger partial charge in [-0.1, -0.05) is 15.9 Å². The molecule has 1 heterocycles. The van der Waals surface area contributed by atoms with Gasteiger partial charge in [0.1, 0.15) is 11.4 Å². The van der Waals surface area contributed by atoms with Gasteiger partial charge in [0, 0.05) is 11.5 Å². The molecule has 2 rings (SSSR count). The number of carbonyl (C=O) groups is 1. The first kappa shape index (κ1) is 9.40. The highest BCUT2D eigenvalue weighted by Gasteiger charge is 2.10. The molecule has 0 amide bonds. The Hall–Kier alpha value is -1.16.